The zero-order valence-corrected chi connectivity index (χ0v) is 13.1. The first-order valence-corrected chi connectivity index (χ1v) is 8.31. The van der Waals surface area contributed by atoms with E-state index in [0.29, 0.717) is 15.7 Å². The van der Waals surface area contributed by atoms with E-state index in [0.717, 1.165) is 12.8 Å². The van der Waals surface area contributed by atoms with Gasteiger partial charge in [-0.25, -0.2) is 4.90 Å². The van der Waals surface area contributed by atoms with Gasteiger partial charge in [-0.15, -0.1) is 0 Å². The van der Waals surface area contributed by atoms with Crippen molar-refractivity contribution in [2.24, 2.45) is 29.1 Å². The molecular formula is C17H13Cl2NO2. The summed E-state index contributed by atoms with van der Waals surface area (Å²) in [6.07, 6.45) is 6.62. The van der Waals surface area contributed by atoms with Crippen LogP contribution in [-0.4, -0.2) is 11.8 Å². The number of amides is 2. The molecule has 2 bridgehead atoms. The predicted molar refractivity (Wildman–Crippen MR) is 83.7 cm³/mol. The van der Waals surface area contributed by atoms with Crippen molar-refractivity contribution >= 4 is 40.7 Å². The van der Waals surface area contributed by atoms with E-state index in [2.05, 4.69) is 12.2 Å². The summed E-state index contributed by atoms with van der Waals surface area (Å²) < 4.78 is 0. The smallest absolute Gasteiger partial charge is 0.238 e. The SMILES string of the molecule is O=C1[C@@H]2[C@H](C(=O)N1c1cc(Cl)cc(Cl)c1)[C@@H]1C=C[C@H]2C12CC2. The van der Waals surface area contributed by atoms with Crippen molar-refractivity contribution in [3.63, 3.8) is 0 Å². The zero-order valence-electron chi connectivity index (χ0n) is 11.6. The summed E-state index contributed by atoms with van der Waals surface area (Å²) >= 11 is 12.0. The van der Waals surface area contributed by atoms with Gasteiger partial charge in [0.25, 0.3) is 0 Å². The molecule has 3 fully saturated rings. The Balaban J connectivity index is 1.59. The number of allylic oxidation sites excluding steroid dienone is 2. The van der Waals surface area contributed by atoms with Gasteiger partial charge in [0.15, 0.2) is 0 Å². The molecule has 3 nitrogen and oxygen atoms in total. The average Bonchev–Trinajstić information content (AvgIpc) is 3.04. The summed E-state index contributed by atoms with van der Waals surface area (Å²) in [5.41, 5.74) is 0.713. The van der Waals surface area contributed by atoms with Crippen molar-refractivity contribution in [3.05, 3.63) is 40.4 Å². The Labute approximate surface area is 137 Å². The number of anilines is 1. The van der Waals surface area contributed by atoms with E-state index in [4.69, 9.17) is 23.2 Å². The van der Waals surface area contributed by atoms with Crippen LogP contribution in [0.15, 0.2) is 30.4 Å². The minimum absolute atomic E-state index is 0.0866. The lowest BCUT2D eigenvalue weighted by molar-refractivity contribution is -0.123. The quantitative estimate of drug-likeness (QED) is 0.580. The van der Waals surface area contributed by atoms with Crippen LogP contribution in [0, 0.1) is 29.1 Å². The molecule has 5 rings (SSSR count). The second kappa shape index (κ2) is 3.95. The predicted octanol–water partition coefficient (Wildman–Crippen LogP) is 3.70. The Morgan fingerprint density at radius 2 is 1.41 bits per heavy atom. The molecule has 1 aromatic carbocycles. The average molecular weight is 334 g/mol. The van der Waals surface area contributed by atoms with Crippen molar-refractivity contribution in [1.82, 2.24) is 0 Å². The maximum Gasteiger partial charge on any atom is 0.238 e. The fourth-order valence-electron chi connectivity index (χ4n) is 5.00. The summed E-state index contributed by atoms with van der Waals surface area (Å²) in [5.74, 6) is -0.0874. The van der Waals surface area contributed by atoms with E-state index in [1.807, 2.05) is 0 Å². The minimum Gasteiger partial charge on any atom is -0.274 e. The van der Waals surface area contributed by atoms with E-state index in [1.165, 1.54) is 4.90 Å². The largest absolute Gasteiger partial charge is 0.274 e. The second-order valence-corrected chi connectivity index (χ2v) is 7.73. The van der Waals surface area contributed by atoms with E-state index in [1.54, 1.807) is 18.2 Å². The highest BCUT2D eigenvalue weighted by atomic mass is 35.5. The Kier molecular flexibility index (Phi) is 2.36. The number of imide groups is 1. The molecule has 1 saturated heterocycles. The fourth-order valence-corrected chi connectivity index (χ4v) is 5.52. The summed E-state index contributed by atoms with van der Waals surface area (Å²) in [6.45, 7) is 0. The number of halogens is 2. The van der Waals surface area contributed by atoms with Gasteiger partial charge in [-0.05, 0) is 48.3 Å². The van der Waals surface area contributed by atoms with Crippen LogP contribution < -0.4 is 4.90 Å². The van der Waals surface area contributed by atoms with Gasteiger partial charge in [-0.1, -0.05) is 35.4 Å². The highest BCUT2D eigenvalue weighted by molar-refractivity contribution is 6.35. The van der Waals surface area contributed by atoms with Crippen LogP contribution in [0.25, 0.3) is 0 Å². The molecule has 2 amide bonds. The first-order valence-electron chi connectivity index (χ1n) is 7.55. The molecule has 2 saturated carbocycles. The lowest BCUT2D eigenvalue weighted by Gasteiger charge is -2.22. The van der Waals surface area contributed by atoms with Gasteiger partial charge in [0.05, 0.1) is 17.5 Å². The van der Waals surface area contributed by atoms with Crippen LogP contribution in [0.2, 0.25) is 10.0 Å². The molecule has 5 heteroatoms. The molecule has 1 spiro atoms. The molecule has 0 N–H and O–H groups in total. The van der Waals surface area contributed by atoms with Gasteiger partial charge >= 0.3 is 0 Å². The van der Waals surface area contributed by atoms with Crippen molar-refractivity contribution in [3.8, 4) is 0 Å². The Morgan fingerprint density at radius 3 is 1.86 bits per heavy atom. The number of carbonyl (C=O) groups excluding carboxylic acids is 2. The number of hydrogen-bond donors (Lipinski definition) is 0. The molecule has 4 aliphatic rings. The highest BCUT2D eigenvalue weighted by Crippen LogP contribution is 2.73. The van der Waals surface area contributed by atoms with Crippen molar-refractivity contribution in [2.45, 2.75) is 12.8 Å². The van der Waals surface area contributed by atoms with Crippen LogP contribution in [-0.2, 0) is 9.59 Å². The number of fused-ring (bicyclic) bond motifs is 3. The molecule has 3 aliphatic carbocycles. The minimum atomic E-state index is -0.192. The molecule has 22 heavy (non-hydrogen) atoms. The maximum absolute atomic E-state index is 12.9. The number of hydrogen-bond acceptors (Lipinski definition) is 2. The highest BCUT2D eigenvalue weighted by Gasteiger charge is 2.73. The molecule has 0 unspecified atom stereocenters. The maximum atomic E-state index is 12.9. The Hall–Kier alpha value is -1.32. The zero-order chi connectivity index (χ0) is 15.2. The molecular weight excluding hydrogens is 321 g/mol. The summed E-state index contributed by atoms with van der Waals surface area (Å²) in [6, 6.07) is 4.86. The van der Waals surface area contributed by atoms with E-state index >= 15 is 0 Å². The standard InChI is InChI=1S/C17H13Cl2NO2/c18-8-5-9(19)7-10(6-8)20-15(21)13-11-1-2-12(14(13)16(20)22)17(11)3-4-17/h1-2,5-7,11-14H,3-4H2/t11-,12+,13+,14-. The third-order valence-electron chi connectivity index (χ3n) is 5.96. The number of nitrogens with zero attached hydrogens (tertiary/aromatic N) is 1. The Morgan fingerprint density at radius 1 is 0.909 bits per heavy atom. The monoisotopic (exact) mass is 333 g/mol. The van der Waals surface area contributed by atoms with Gasteiger partial charge in [-0.2, -0.15) is 0 Å². The molecule has 1 aromatic rings. The lowest BCUT2D eigenvalue weighted by Crippen LogP contribution is -2.34. The number of benzene rings is 1. The van der Waals surface area contributed by atoms with Crippen LogP contribution in [0.4, 0.5) is 5.69 Å². The molecule has 1 heterocycles. The van der Waals surface area contributed by atoms with Gasteiger partial charge < -0.3 is 0 Å². The molecule has 0 aromatic heterocycles. The van der Waals surface area contributed by atoms with Crippen LogP contribution in [0.1, 0.15) is 12.8 Å². The lowest BCUT2D eigenvalue weighted by atomic mass is 9.85. The van der Waals surface area contributed by atoms with Gasteiger partial charge in [-0.3, -0.25) is 9.59 Å². The third-order valence-corrected chi connectivity index (χ3v) is 6.39. The topological polar surface area (TPSA) is 37.4 Å². The molecule has 0 radical (unpaired) electrons. The van der Waals surface area contributed by atoms with Gasteiger partial charge in [0.1, 0.15) is 0 Å². The van der Waals surface area contributed by atoms with Crippen molar-refractivity contribution < 1.29 is 9.59 Å². The van der Waals surface area contributed by atoms with Crippen LogP contribution >= 0.6 is 23.2 Å². The van der Waals surface area contributed by atoms with Gasteiger partial charge in [0.2, 0.25) is 11.8 Å². The first kappa shape index (κ1) is 13.1. The van der Waals surface area contributed by atoms with E-state index in [-0.39, 0.29) is 40.9 Å². The molecule has 1 aliphatic heterocycles. The fraction of sp³-hybridized carbons (Fsp3) is 0.412. The second-order valence-electron chi connectivity index (χ2n) is 6.86. The van der Waals surface area contributed by atoms with Crippen LogP contribution in [0.5, 0.6) is 0 Å². The third kappa shape index (κ3) is 1.40. The normalized spacial score (nSPS) is 36.5. The first-order chi connectivity index (χ1) is 10.5. The van der Waals surface area contributed by atoms with Crippen LogP contribution in [0.3, 0.4) is 0 Å². The van der Waals surface area contributed by atoms with Crippen molar-refractivity contribution in [1.29, 1.82) is 0 Å². The summed E-state index contributed by atoms with van der Waals surface area (Å²) in [7, 11) is 0. The number of carbonyl (C=O) groups is 2. The van der Waals surface area contributed by atoms with E-state index < -0.39 is 0 Å². The Bertz CT molecular complexity index is 714. The van der Waals surface area contributed by atoms with Crippen molar-refractivity contribution in [2.75, 3.05) is 4.90 Å². The number of rotatable bonds is 1. The molecule has 4 atom stereocenters. The van der Waals surface area contributed by atoms with E-state index in [9.17, 15) is 9.59 Å². The molecule has 112 valence electrons. The summed E-state index contributed by atoms with van der Waals surface area (Å²) in [5, 5.41) is 0.861. The summed E-state index contributed by atoms with van der Waals surface area (Å²) in [4.78, 5) is 27.1. The van der Waals surface area contributed by atoms with Gasteiger partial charge in [0, 0.05) is 10.0 Å².